The standard InChI is InChI=1S/C9H20N2O2/c1-5-10-9(12)8(3)11-6-7(2)13-4/h7-8,11H,5-6H2,1-4H3,(H,10,12). The Morgan fingerprint density at radius 1 is 1.46 bits per heavy atom. The first-order valence-corrected chi connectivity index (χ1v) is 4.65. The van der Waals surface area contributed by atoms with Gasteiger partial charge in [-0.2, -0.15) is 0 Å². The van der Waals surface area contributed by atoms with E-state index in [0.29, 0.717) is 13.1 Å². The maximum absolute atomic E-state index is 11.2. The van der Waals surface area contributed by atoms with E-state index in [9.17, 15) is 4.79 Å². The van der Waals surface area contributed by atoms with E-state index in [4.69, 9.17) is 4.74 Å². The number of carbonyl (C=O) groups excluding carboxylic acids is 1. The SMILES string of the molecule is CCNC(=O)C(C)NCC(C)OC. The largest absolute Gasteiger partial charge is 0.380 e. The van der Waals surface area contributed by atoms with E-state index in [1.165, 1.54) is 0 Å². The molecule has 0 fully saturated rings. The summed E-state index contributed by atoms with van der Waals surface area (Å²) in [6.07, 6.45) is 0.136. The van der Waals surface area contributed by atoms with E-state index in [2.05, 4.69) is 10.6 Å². The first kappa shape index (κ1) is 12.4. The number of likely N-dealkylation sites (N-methyl/N-ethyl adjacent to an activating group) is 1. The van der Waals surface area contributed by atoms with Crippen molar-refractivity contribution in [3.63, 3.8) is 0 Å². The monoisotopic (exact) mass is 188 g/mol. The second-order valence-electron chi connectivity index (χ2n) is 3.07. The smallest absolute Gasteiger partial charge is 0.236 e. The number of nitrogens with one attached hydrogen (secondary N) is 2. The van der Waals surface area contributed by atoms with Crippen LogP contribution >= 0.6 is 0 Å². The van der Waals surface area contributed by atoms with Crippen LogP contribution < -0.4 is 10.6 Å². The molecule has 13 heavy (non-hydrogen) atoms. The highest BCUT2D eigenvalue weighted by Gasteiger charge is 2.11. The topological polar surface area (TPSA) is 50.4 Å². The molecule has 0 rings (SSSR count). The average molecular weight is 188 g/mol. The van der Waals surface area contributed by atoms with Gasteiger partial charge in [0.15, 0.2) is 0 Å². The van der Waals surface area contributed by atoms with Crippen molar-refractivity contribution >= 4 is 5.91 Å². The van der Waals surface area contributed by atoms with Gasteiger partial charge in [-0.05, 0) is 20.8 Å². The Balaban J connectivity index is 3.60. The van der Waals surface area contributed by atoms with E-state index in [0.717, 1.165) is 0 Å². The first-order chi connectivity index (χ1) is 6.11. The summed E-state index contributed by atoms with van der Waals surface area (Å²) >= 11 is 0. The summed E-state index contributed by atoms with van der Waals surface area (Å²) in [6.45, 7) is 7.06. The minimum Gasteiger partial charge on any atom is -0.380 e. The van der Waals surface area contributed by atoms with Crippen LogP contribution in [0.5, 0.6) is 0 Å². The highest BCUT2D eigenvalue weighted by molar-refractivity contribution is 5.81. The van der Waals surface area contributed by atoms with Crippen molar-refractivity contribution < 1.29 is 9.53 Å². The summed E-state index contributed by atoms with van der Waals surface area (Å²) in [6, 6.07) is -0.155. The van der Waals surface area contributed by atoms with Crippen molar-refractivity contribution in [2.45, 2.75) is 32.9 Å². The molecule has 0 aliphatic rings. The molecule has 0 saturated heterocycles. The van der Waals surface area contributed by atoms with Gasteiger partial charge in [0.1, 0.15) is 0 Å². The van der Waals surface area contributed by atoms with Crippen LogP contribution in [-0.4, -0.2) is 38.3 Å². The highest BCUT2D eigenvalue weighted by Crippen LogP contribution is 1.87. The molecule has 0 spiro atoms. The summed E-state index contributed by atoms with van der Waals surface area (Å²) in [5.41, 5.74) is 0. The van der Waals surface area contributed by atoms with Crippen molar-refractivity contribution in [1.82, 2.24) is 10.6 Å². The number of hydrogen-bond acceptors (Lipinski definition) is 3. The lowest BCUT2D eigenvalue weighted by Crippen LogP contribution is -2.44. The molecular formula is C9H20N2O2. The van der Waals surface area contributed by atoms with E-state index in [1.54, 1.807) is 7.11 Å². The third kappa shape index (κ3) is 5.60. The Kier molecular flexibility index (Phi) is 6.54. The Hall–Kier alpha value is -0.610. The molecule has 0 radical (unpaired) electrons. The van der Waals surface area contributed by atoms with Gasteiger partial charge in [-0.3, -0.25) is 4.79 Å². The highest BCUT2D eigenvalue weighted by atomic mass is 16.5. The molecule has 0 aliphatic heterocycles. The molecular weight excluding hydrogens is 168 g/mol. The molecule has 2 atom stereocenters. The van der Waals surface area contributed by atoms with Gasteiger partial charge < -0.3 is 15.4 Å². The van der Waals surface area contributed by atoms with Gasteiger partial charge in [-0.15, -0.1) is 0 Å². The minimum absolute atomic E-state index is 0.0332. The lowest BCUT2D eigenvalue weighted by molar-refractivity contribution is -0.122. The fourth-order valence-corrected chi connectivity index (χ4v) is 0.846. The van der Waals surface area contributed by atoms with Gasteiger partial charge in [0.05, 0.1) is 12.1 Å². The van der Waals surface area contributed by atoms with Crippen LogP contribution in [0.2, 0.25) is 0 Å². The summed E-state index contributed by atoms with van der Waals surface area (Å²) in [7, 11) is 1.66. The summed E-state index contributed by atoms with van der Waals surface area (Å²) in [5, 5.41) is 5.83. The zero-order valence-electron chi connectivity index (χ0n) is 8.89. The van der Waals surface area contributed by atoms with Crippen LogP contribution in [0, 0.1) is 0 Å². The quantitative estimate of drug-likeness (QED) is 0.623. The van der Waals surface area contributed by atoms with Gasteiger partial charge in [-0.25, -0.2) is 0 Å². The van der Waals surface area contributed by atoms with Crippen LogP contribution in [0.15, 0.2) is 0 Å². The normalized spacial score (nSPS) is 15.1. The molecule has 78 valence electrons. The molecule has 0 aromatic rings. The van der Waals surface area contributed by atoms with E-state index in [1.807, 2.05) is 20.8 Å². The lowest BCUT2D eigenvalue weighted by Gasteiger charge is -2.16. The van der Waals surface area contributed by atoms with Crippen molar-refractivity contribution in [2.75, 3.05) is 20.2 Å². The van der Waals surface area contributed by atoms with E-state index < -0.39 is 0 Å². The maximum atomic E-state index is 11.2. The summed E-state index contributed by atoms with van der Waals surface area (Å²) in [5.74, 6) is 0.0332. The molecule has 0 aliphatic carbocycles. The summed E-state index contributed by atoms with van der Waals surface area (Å²) < 4.78 is 5.05. The Labute approximate surface area is 80.0 Å². The molecule has 1 amide bonds. The number of ether oxygens (including phenoxy) is 1. The van der Waals surface area contributed by atoms with E-state index >= 15 is 0 Å². The number of amides is 1. The molecule has 0 heterocycles. The molecule has 0 saturated carbocycles. The van der Waals surface area contributed by atoms with E-state index in [-0.39, 0.29) is 18.1 Å². The fraction of sp³-hybridized carbons (Fsp3) is 0.889. The second-order valence-corrected chi connectivity index (χ2v) is 3.07. The predicted octanol–water partition coefficient (Wildman–Crippen LogP) is 0.136. The second kappa shape index (κ2) is 6.86. The first-order valence-electron chi connectivity index (χ1n) is 4.65. The van der Waals surface area contributed by atoms with Crippen molar-refractivity contribution in [1.29, 1.82) is 0 Å². The van der Waals surface area contributed by atoms with Crippen LogP contribution in [0.25, 0.3) is 0 Å². The Morgan fingerprint density at radius 2 is 2.08 bits per heavy atom. The van der Waals surface area contributed by atoms with Crippen molar-refractivity contribution in [3.05, 3.63) is 0 Å². The van der Waals surface area contributed by atoms with Gasteiger partial charge in [-0.1, -0.05) is 0 Å². The third-order valence-electron chi connectivity index (χ3n) is 1.86. The molecule has 0 aromatic heterocycles. The zero-order valence-corrected chi connectivity index (χ0v) is 8.89. The predicted molar refractivity (Wildman–Crippen MR) is 52.6 cm³/mol. The molecule has 4 nitrogen and oxygen atoms in total. The fourth-order valence-electron chi connectivity index (χ4n) is 0.846. The number of hydrogen-bond donors (Lipinski definition) is 2. The molecule has 0 bridgehead atoms. The van der Waals surface area contributed by atoms with Crippen LogP contribution in [0.3, 0.4) is 0 Å². The maximum Gasteiger partial charge on any atom is 0.236 e. The summed E-state index contributed by atoms with van der Waals surface area (Å²) in [4.78, 5) is 11.2. The minimum atomic E-state index is -0.155. The van der Waals surface area contributed by atoms with Gasteiger partial charge in [0, 0.05) is 20.2 Å². The number of carbonyl (C=O) groups is 1. The number of methoxy groups -OCH3 is 1. The van der Waals surface area contributed by atoms with Crippen molar-refractivity contribution in [2.24, 2.45) is 0 Å². The lowest BCUT2D eigenvalue weighted by atomic mass is 10.3. The molecule has 2 N–H and O–H groups in total. The van der Waals surface area contributed by atoms with Gasteiger partial charge in [0.2, 0.25) is 5.91 Å². The van der Waals surface area contributed by atoms with Crippen molar-refractivity contribution in [3.8, 4) is 0 Å². The van der Waals surface area contributed by atoms with Gasteiger partial charge in [0.25, 0.3) is 0 Å². The van der Waals surface area contributed by atoms with Gasteiger partial charge >= 0.3 is 0 Å². The Bertz CT molecular complexity index is 151. The van der Waals surface area contributed by atoms with Crippen LogP contribution in [-0.2, 0) is 9.53 Å². The number of rotatable bonds is 6. The molecule has 0 aromatic carbocycles. The van der Waals surface area contributed by atoms with Crippen LogP contribution in [0.4, 0.5) is 0 Å². The molecule has 4 heteroatoms. The zero-order chi connectivity index (χ0) is 10.3. The molecule has 2 unspecified atom stereocenters. The van der Waals surface area contributed by atoms with Crippen LogP contribution in [0.1, 0.15) is 20.8 Å². The average Bonchev–Trinajstić information content (AvgIpc) is 2.13. The third-order valence-corrected chi connectivity index (χ3v) is 1.86. The Morgan fingerprint density at radius 3 is 2.54 bits per heavy atom.